The maximum absolute atomic E-state index is 5.84. The highest BCUT2D eigenvalue weighted by Crippen LogP contribution is 2.31. The molecule has 102 valence electrons. The Labute approximate surface area is 119 Å². The van der Waals surface area contributed by atoms with Crippen LogP contribution in [0.2, 0.25) is 0 Å². The molecule has 0 bridgehead atoms. The number of ether oxygens (including phenoxy) is 2. The SMILES string of the molecule is COCC(N)c1noc(-c2ccc(Br)cc2OC)n1. The van der Waals surface area contributed by atoms with Gasteiger partial charge in [0.15, 0.2) is 5.82 Å². The van der Waals surface area contributed by atoms with Crippen LogP contribution in [0.15, 0.2) is 27.2 Å². The number of nitrogens with zero attached hydrogens (tertiary/aromatic N) is 2. The molecule has 6 nitrogen and oxygen atoms in total. The second kappa shape index (κ2) is 6.14. The first-order valence-electron chi connectivity index (χ1n) is 5.57. The fourth-order valence-electron chi connectivity index (χ4n) is 1.59. The largest absolute Gasteiger partial charge is 0.496 e. The molecular formula is C12H14BrN3O3. The summed E-state index contributed by atoms with van der Waals surface area (Å²) in [6.07, 6.45) is 0. The zero-order valence-corrected chi connectivity index (χ0v) is 12.2. The summed E-state index contributed by atoms with van der Waals surface area (Å²) in [5.41, 5.74) is 6.56. The highest BCUT2D eigenvalue weighted by molar-refractivity contribution is 9.10. The minimum atomic E-state index is -0.413. The normalized spacial score (nSPS) is 12.4. The molecule has 1 aromatic heterocycles. The second-order valence-corrected chi connectivity index (χ2v) is 4.78. The molecule has 1 unspecified atom stereocenters. The highest BCUT2D eigenvalue weighted by atomic mass is 79.9. The molecule has 0 fully saturated rings. The van der Waals surface area contributed by atoms with Crippen LogP contribution >= 0.6 is 15.9 Å². The molecule has 1 heterocycles. The van der Waals surface area contributed by atoms with Crippen molar-refractivity contribution in [3.63, 3.8) is 0 Å². The van der Waals surface area contributed by atoms with Crippen LogP contribution in [0.1, 0.15) is 11.9 Å². The molecule has 2 aromatic rings. The summed E-state index contributed by atoms with van der Waals surface area (Å²) in [5.74, 6) is 1.41. The summed E-state index contributed by atoms with van der Waals surface area (Å²) < 4.78 is 16.4. The van der Waals surface area contributed by atoms with E-state index in [0.29, 0.717) is 29.6 Å². The van der Waals surface area contributed by atoms with E-state index in [1.807, 2.05) is 18.2 Å². The summed E-state index contributed by atoms with van der Waals surface area (Å²) >= 11 is 3.38. The average Bonchev–Trinajstić information content (AvgIpc) is 2.88. The Morgan fingerprint density at radius 3 is 2.89 bits per heavy atom. The molecule has 0 saturated heterocycles. The van der Waals surface area contributed by atoms with E-state index in [4.69, 9.17) is 19.7 Å². The van der Waals surface area contributed by atoms with Gasteiger partial charge in [-0.1, -0.05) is 21.1 Å². The van der Waals surface area contributed by atoms with Gasteiger partial charge in [0.05, 0.1) is 25.3 Å². The summed E-state index contributed by atoms with van der Waals surface area (Å²) in [6.45, 7) is 0.330. The molecule has 0 spiro atoms. The molecule has 0 saturated carbocycles. The van der Waals surface area contributed by atoms with Gasteiger partial charge in [0, 0.05) is 11.6 Å². The molecule has 0 aliphatic rings. The number of nitrogens with two attached hydrogens (primary N) is 1. The van der Waals surface area contributed by atoms with Gasteiger partial charge in [-0.05, 0) is 18.2 Å². The Balaban J connectivity index is 2.32. The molecule has 1 aromatic carbocycles. The van der Waals surface area contributed by atoms with Crippen molar-refractivity contribution in [2.24, 2.45) is 5.73 Å². The molecule has 1 atom stereocenters. The van der Waals surface area contributed by atoms with Crippen molar-refractivity contribution in [1.82, 2.24) is 10.1 Å². The number of hydrogen-bond acceptors (Lipinski definition) is 6. The van der Waals surface area contributed by atoms with Gasteiger partial charge in [0.25, 0.3) is 5.89 Å². The van der Waals surface area contributed by atoms with Crippen LogP contribution < -0.4 is 10.5 Å². The van der Waals surface area contributed by atoms with Gasteiger partial charge in [-0.15, -0.1) is 0 Å². The van der Waals surface area contributed by atoms with Crippen molar-refractivity contribution in [2.45, 2.75) is 6.04 Å². The quantitative estimate of drug-likeness (QED) is 0.905. The predicted molar refractivity (Wildman–Crippen MR) is 72.8 cm³/mol. The minimum Gasteiger partial charge on any atom is -0.496 e. The van der Waals surface area contributed by atoms with Gasteiger partial charge in [-0.3, -0.25) is 0 Å². The Morgan fingerprint density at radius 2 is 2.21 bits per heavy atom. The van der Waals surface area contributed by atoms with Gasteiger partial charge in [0.2, 0.25) is 0 Å². The number of aromatic nitrogens is 2. The molecule has 19 heavy (non-hydrogen) atoms. The van der Waals surface area contributed by atoms with Gasteiger partial charge in [0.1, 0.15) is 5.75 Å². The van der Waals surface area contributed by atoms with E-state index in [0.717, 1.165) is 4.47 Å². The van der Waals surface area contributed by atoms with Crippen molar-refractivity contribution in [1.29, 1.82) is 0 Å². The Hall–Kier alpha value is -1.44. The van der Waals surface area contributed by atoms with E-state index < -0.39 is 6.04 Å². The first-order chi connectivity index (χ1) is 9.15. The smallest absolute Gasteiger partial charge is 0.261 e. The summed E-state index contributed by atoms with van der Waals surface area (Å²) in [6, 6.07) is 5.12. The van der Waals surface area contributed by atoms with Crippen molar-refractivity contribution in [3.05, 3.63) is 28.5 Å². The number of methoxy groups -OCH3 is 2. The van der Waals surface area contributed by atoms with Crippen molar-refractivity contribution in [3.8, 4) is 17.2 Å². The fraction of sp³-hybridized carbons (Fsp3) is 0.333. The zero-order chi connectivity index (χ0) is 13.8. The Kier molecular flexibility index (Phi) is 4.52. The lowest BCUT2D eigenvalue weighted by Gasteiger charge is -2.05. The van der Waals surface area contributed by atoms with Gasteiger partial charge < -0.3 is 19.7 Å². The highest BCUT2D eigenvalue weighted by Gasteiger charge is 2.17. The van der Waals surface area contributed by atoms with E-state index >= 15 is 0 Å². The van der Waals surface area contributed by atoms with E-state index in [1.54, 1.807) is 14.2 Å². The molecule has 2 rings (SSSR count). The van der Waals surface area contributed by atoms with E-state index in [-0.39, 0.29) is 0 Å². The lowest BCUT2D eigenvalue weighted by molar-refractivity contribution is 0.177. The molecule has 0 amide bonds. The van der Waals surface area contributed by atoms with Crippen LogP contribution in [0.5, 0.6) is 5.75 Å². The van der Waals surface area contributed by atoms with Crippen LogP contribution in [0.25, 0.3) is 11.5 Å². The van der Waals surface area contributed by atoms with Crippen LogP contribution in [0.3, 0.4) is 0 Å². The number of rotatable bonds is 5. The minimum absolute atomic E-state index is 0.330. The van der Waals surface area contributed by atoms with Crippen LogP contribution in [-0.4, -0.2) is 31.0 Å². The lowest BCUT2D eigenvalue weighted by Crippen LogP contribution is -2.17. The van der Waals surface area contributed by atoms with E-state index in [1.165, 1.54) is 0 Å². The van der Waals surface area contributed by atoms with Gasteiger partial charge in [-0.2, -0.15) is 4.98 Å². The van der Waals surface area contributed by atoms with Gasteiger partial charge in [-0.25, -0.2) is 0 Å². The lowest BCUT2D eigenvalue weighted by atomic mass is 10.2. The molecule has 0 aliphatic carbocycles. The average molecular weight is 328 g/mol. The van der Waals surface area contributed by atoms with Crippen LogP contribution in [0, 0.1) is 0 Å². The molecule has 0 aliphatic heterocycles. The third-order valence-corrected chi connectivity index (χ3v) is 3.01. The molecule has 7 heteroatoms. The topological polar surface area (TPSA) is 83.4 Å². The van der Waals surface area contributed by atoms with E-state index in [2.05, 4.69) is 26.1 Å². The molecule has 0 radical (unpaired) electrons. The number of hydrogen-bond donors (Lipinski definition) is 1. The van der Waals surface area contributed by atoms with E-state index in [9.17, 15) is 0 Å². The summed E-state index contributed by atoms with van der Waals surface area (Å²) in [5, 5.41) is 3.85. The van der Waals surface area contributed by atoms with Crippen LogP contribution in [0.4, 0.5) is 0 Å². The maximum Gasteiger partial charge on any atom is 0.261 e. The maximum atomic E-state index is 5.84. The Bertz CT molecular complexity index is 559. The predicted octanol–water partition coefficient (Wildman–Crippen LogP) is 2.15. The molecular weight excluding hydrogens is 314 g/mol. The third kappa shape index (κ3) is 3.12. The third-order valence-electron chi connectivity index (χ3n) is 2.51. The van der Waals surface area contributed by atoms with Crippen molar-refractivity contribution >= 4 is 15.9 Å². The second-order valence-electron chi connectivity index (χ2n) is 3.86. The summed E-state index contributed by atoms with van der Waals surface area (Å²) in [7, 11) is 3.15. The van der Waals surface area contributed by atoms with Crippen molar-refractivity contribution < 1.29 is 14.0 Å². The molecule has 2 N–H and O–H groups in total. The number of halogens is 1. The Morgan fingerprint density at radius 1 is 1.42 bits per heavy atom. The van der Waals surface area contributed by atoms with Crippen LogP contribution in [-0.2, 0) is 4.74 Å². The zero-order valence-electron chi connectivity index (χ0n) is 10.6. The summed E-state index contributed by atoms with van der Waals surface area (Å²) in [4.78, 5) is 4.26. The first kappa shape index (κ1) is 14.0. The first-order valence-corrected chi connectivity index (χ1v) is 6.37. The van der Waals surface area contributed by atoms with Gasteiger partial charge >= 0.3 is 0 Å². The standard InChI is InChI=1S/C12H14BrN3O3/c1-17-6-9(14)11-15-12(19-16-11)8-4-3-7(13)5-10(8)18-2/h3-5,9H,6,14H2,1-2H3. The van der Waals surface area contributed by atoms with Crippen molar-refractivity contribution in [2.75, 3.05) is 20.8 Å². The number of benzene rings is 1. The fourth-order valence-corrected chi connectivity index (χ4v) is 1.93. The monoisotopic (exact) mass is 327 g/mol.